The van der Waals surface area contributed by atoms with Crippen LogP contribution in [0, 0.1) is 0 Å². The number of benzene rings is 1. The maximum atomic E-state index is 13.2. The summed E-state index contributed by atoms with van der Waals surface area (Å²) in [5.41, 5.74) is 0.00603. The molecule has 2 rings (SSSR count). The number of hydrogen-bond acceptors (Lipinski definition) is 3. The SMILES string of the molecule is CCN1CCO[C@@H](C(=O)N[C@H](c2ccccc2)C(F)(F)F)C1. The van der Waals surface area contributed by atoms with Gasteiger partial charge < -0.3 is 10.1 Å². The van der Waals surface area contributed by atoms with Gasteiger partial charge in [0.25, 0.3) is 5.91 Å². The largest absolute Gasteiger partial charge is 0.412 e. The fourth-order valence-electron chi connectivity index (χ4n) is 2.38. The van der Waals surface area contributed by atoms with Gasteiger partial charge in [0, 0.05) is 13.1 Å². The van der Waals surface area contributed by atoms with Gasteiger partial charge in [-0.25, -0.2) is 0 Å². The third-order valence-electron chi connectivity index (χ3n) is 3.64. The van der Waals surface area contributed by atoms with Gasteiger partial charge in [0.15, 0.2) is 6.04 Å². The van der Waals surface area contributed by atoms with E-state index in [0.717, 1.165) is 6.54 Å². The van der Waals surface area contributed by atoms with Crippen LogP contribution in [0.4, 0.5) is 13.2 Å². The minimum Gasteiger partial charge on any atom is -0.366 e. The summed E-state index contributed by atoms with van der Waals surface area (Å²) in [5.74, 6) is -0.732. The normalized spacial score (nSPS) is 21.4. The lowest BCUT2D eigenvalue weighted by Crippen LogP contribution is -2.51. The third kappa shape index (κ3) is 4.20. The minimum atomic E-state index is -4.56. The van der Waals surface area contributed by atoms with Crippen LogP contribution < -0.4 is 5.32 Å². The molecule has 1 N–H and O–H groups in total. The van der Waals surface area contributed by atoms with E-state index in [1.165, 1.54) is 24.3 Å². The molecule has 1 aliphatic heterocycles. The molecular weight excluding hydrogens is 297 g/mol. The van der Waals surface area contributed by atoms with Gasteiger partial charge in [-0.2, -0.15) is 13.2 Å². The van der Waals surface area contributed by atoms with Gasteiger partial charge in [0.2, 0.25) is 0 Å². The average molecular weight is 316 g/mol. The number of carbonyl (C=O) groups is 1. The van der Waals surface area contributed by atoms with Crippen molar-refractivity contribution in [2.45, 2.75) is 25.2 Å². The number of alkyl halides is 3. The van der Waals surface area contributed by atoms with Crippen molar-refractivity contribution in [3.8, 4) is 0 Å². The molecule has 0 saturated carbocycles. The van der Waals surface area contributed by atoms with Crippen molar-refractivity contribution in [1.82, 2.24) is 10.2 Å². The zero-order chi connectivity index (χ0) is 16.2. The van der Waals surface area contributed by atoms with Crippen LogP contribution in [0.1, 0.15) is 18.5 Å². The number of carbonyl (C=O) groups excluding carboxylic acids is 1. The van der Waals surface area contributed by atoms with Gasteiger partial charge in [0.1, 0.15) is 6.10 Å². The first-order valence-corrected chi connectivity index (χ1v) is 7.17. The maximum Gasteiger partial charge on any atom is 0.412 e. The summed E-state index contributed by atoms with van der Waals surface area (Å²) in [6, 6.07) is 5.31. The van der Waals surface area contributed by atoms with Crippen LogP contribution in [0.3, 0.4) is 0 Å². The van der Waals surface area contributed by atoms with Gasteiger partial charge in [-0.3, -0.25) is 9.69 Å². The maximum absolute atomic E-state index is 13.2. The van der Waals surface area contributed by atoms with Gasteiger partial charge in [-0.1, -0.05) is 37.3 Å². The van der Waals surface area contributed by atoms with E-state index in [9.17, 15) is 18.0 Å². The summed E-state index contributed by atoms with van der Waals surface area (Å²) < 4.78 is 44.9. The second-order valence-electron chi connectivity index (χ2n) is 5.15. The van der Waals surface area contributed by atoms with Crippen LogP contribution in [0.25, 0.3) is 0 Å². The smallest absolute Gasteiger partial charge is 0.366 e. The molecule has 1 aliphatic rings. The fraction of sp³-hybridized carbons (Fsp3) is 0.533. The molecule has 0 radical (unpaired) electrons. The predicted octanol–water partition coefficient (Wildman–Crippen LogP) is 2.13. The first-order valence-electron chi connectivity index (χ1n) is 7.17. The molecule has 1 saturated heterocycles. The Bertz CT molecular complexity index is 493. The molecule has 0 aliphatic carbocycles. The Hall–Kier alpha value is -1.60. The number of hydrogen-bond donors (Lipinski definition) is 1. The standard InChI is InChI=1S/C15H19F3N2O2/c1-2-20-8-9-22-12(10-20)14(21)19-13(15(16,17)18)11-6-4-3-5-7-11/h3-7,12-13H,2,8-10H2,1H3,(H,19,21)/t12-,13-/m1/s1. The number of amides is 1. The molecule has 7 heteroatoms. The second kappa shape index (κ2) is 7.11. The van der Waals surface area contributed by atoms with Crippen LogP contribution in [-0.4, -0.2) is 49.3 Å². The summed E-state index contributed by atoms with van der Waals surface area (Å²) >= 11 is 0. The Morgan fingerprint density at radius 2 is 2.09 bits per heavy atom. The van der Waals surface area contributed by atoms with Crippen molar-refractivity contribution in [2.75, 3.05) is 26.2 Å². The van der Waals surface area contributed by atoms with E-state index in [1.54, 1.807) is 6.07 Å². The van der Waals surface area contributed by atoms with E-state index in [-0.39, 0.29) is 5.56 Å². The number of nitrogens with zero attached hydrogens (tertiary/aromatic N) is 1. The van der Waals surface area contributed by atoms with Gasteiger partial charge in [0.05, 0.1) is 6.61 Å². The van der Waals surface area contributed by atoms with E-state index < -0.39 is 24.2 Å². The monoisotopic (exact) mass is 316 g/mol. The summed E-state index contributed by atoms with van der Waals surface area (Å²) in [7, 11) is 0. The van der Waals surface area contributed by atoms with Crippen molar-refractivity contribution >= 4 is 5.91 Å². The predicted molar refractivity (Wildman–Crippen MR) is 75.2 cm³/mol. The Labute approximate surface area is 127 Å². The van der Waals surface area contributed by atoms with Crippen molar-refractivity contribution in [3.05, 3.63) is 35.9 Å². The van der Waals surface area contributed by atoms with Crippen LogP contribution in [-0.2, 0) is 9.53 Å². The van der Waals surface area contributed by atoms with E-state index in [1.807, 2.05) is 11.8 Å². The van der Waals surface area contributed by atoms with Gasteiger partial charge >= 0.3 is 6.18 Å². The number of halogens is 3. The average Bonchev–Trinajstić information content (AvgIpc) is 2.52. The van der Waals surface area contributed by atoms with Gasteiger partial charge in [-0.15, -0.1) is 0 Å². The number of morpholine rings is 1. The second-order valence-corrected chi connectivity index (χ2v) is 5.15. The quantitative estimate of drug-likeness (QED) is 0.925. The molecule has 4 nitrogen and oxygen atoms in total. The van der Waals surface area contributed by atoms with Crippen LogP contribution >= 0.6 is 0 Å². The van der Waals surface area contributed by atoms with Crippen LogP contribution in [0.2, 0.25) is 0 Å². The fourth-order valence-corrected chi connectivity index (χ4v) is 2.38. The molecule has 0 bridgehead atoms. The molecular formula is C15H19F3N2O2. The molecule has 0 spiro atoms. The minimum absolute atomic E-state index is 0.00603. The molecule has 1 amide bonds. The molecule has 0 unspecified atom stereocenters. The topological polar surface area (TPSA) is 41.6 Å². The van der Waals surface area contributed by atoms with Gasteiger partial charge in [-0.05, 0) is 12.1 Å². The number of ether oxygens (including phenoxy) is 1. The molecule has 1 heterocycles. The highest BCUT2D eigenvalue weighted by molar-refractivity contribution is 5.81. The summed E-state index contributed by atoms with van der Waals surface area (Å²) in [6.07, 6.45) is -5.43. The van der Waals surface area contributed by atoms with Crippen LogP contribution in [0.15, 0.2) is 30.3 Å². The molecule has 1 fully saturated rings. The lowest BCUT2D eigenvalue weighted by atomic mass is 10.1. The number of rotatable bonds is 4. The lowest BCUT2D eigenvalue weighted by molar-refractivity contribution is -0.168. The molecule has 1 aromatic rings. The first kappa shape index (κ1) is 16.8. The molecule has 2 atom stereocenters. The summed E-state index contributed by atoms with van der Waals surface area (Å²) in [6.45, 7) is 3.99. The van der Waals surface area contributed by atoms with E-state index in [0.29, 0.717) is 19.7 Å². The van der Waals surface area contributed by atoms with Crippen molar-refractivity contribution in [2.24, 2.45) is 0 Å². The third-order valence-corrected chi connectivity index (χ3v) is 3.64. The van der Waals surface area contributed by atoms with E-state index >= 15 is 0 Å². The Kier molecular flexibility index (Phi) is 5.42. The number of likely N-dealkylation sites (N-methyl/N-ethyl adjacent to an activating group) is 1. The highest BCUT2D eigenvalue weighted by Gasteiger charge is 2.43. The summed E-state index contributed by atoms with van der Waals surface area (Å²) in [5, 5.41) is 2.07. The Morgan fingerprint density at radius 1 is 1.41 bits per heavy atom. The van der Waals surface area contributed by atoms with E-state index in [2.05, 4.69) is 5.32 Å². The van der Waals surface area contributed by atoms with Crippen molar-refractivity contribution in [1.29, 1.82) is 0 Å². The summed E-state index contributed by atoms with van der Waals surface area (Å²) in [4.78, 5) is 14.1. The zero-order valence-corrected chi connectivity index (χ0v) is 12.3. The molecule has 22 heavy (non-hydrogen) atoms. The van der Waals surface area contributed by atoms with Crippen LogP contribution in [0.5, 0.6) is 0 Å². The Morgan fingerprint density at radius 3 is 2.68 bits per heavy atom. The molecule has 1 aromatic carbocycles. The highest BCUT2D eigenvalue weighted by atomic mass is 19.4. The number of nitrogens with one attached hydrogen (secondary N) is 1. The highest BCUT2D eigenvalue weighted by Crippen LogP contribution is 2.32. The lowest BCUT2D eigenvalue weighted by Gasteiger charge is -2.32. The molecule has 122 valence electrons. The first-order chi connectivity index (χ1) is 10.4. The van der Waals surface area contributed by atoms with Crippen molar-refractivity contribution < 1.29 is 22.7 Å². The molecule has 0 aromatic heterocycles. The van der Waals surface area contributed by atoms with Crippen molar-refractivity contribution in [3.63, 3.8) is 0 Å². The zero-order valence-electron chi connectivity index (χ0n) is 12.3. The Balaban J connectivity index is 2.09. The van der Waals surface area contributed by atoms with E-state index in [4.69, 9.17) is 4.74 Å².